The van der Waals surface area contributed by atoms with Gasteiger partial charge < -0.3 is 9.47 Å². The summed E-state index contributed by atoms with van der Waals surface area (Å²) in [6.45, 7) is 0. The molecular weight excluding hydrogens is 326 g/mol. The molecule has 3 aromatic rings. The van der Waals surface area contributed by atoms with Gasteiger partial charge in [-0.3, -0.25) is 10.1 Å². The Morgan fingerprint density at radius 2 is 1.79 bits per heavy atom. The van der Waals surface area contributed by atoms with Crippen LogP contribution in [0.4, 0.5) is 5.13 Å². The quantitative estimate of drug-likeness (QED) is 0.769. The van der Waals surface area contributed by atoms with Crippen molar-refractivity contribution in [1.82, 2.24) is 9.36 Å². The van der Waals surface area contributed by atoms with Crippen LogP contribution in [0, 0.1) is 0 Å². The molecule has 1 amide bonds. The zero-order valence-corrected chi connectivity index (χ0v) is 14.0. The number of nitrogens with one attached hydrogen (secondary N) is 1. The Kier molecular flexibility index (Phi) is 4.72. The molecule has 0 fully saturated rings. The first-order chi connectivity index (χ1) is 11.7. The summed E-state index contributed by atoms with van der Waals surface area (Å²) >= 11 is 1.13. The summed E-state index contributed by atoms with van der Waals surface area (Å²) < 4.78 is 14.5. The van der Waals surface area contributed by atoms with Crippen LogP contribution in [0.1, 0.15) is 10.4 Å². The van der Waals surface area contributed by atoms with Gasteiger partial charge in [0.2, 0.25) is 5.13 Å². The highest BCUT2D eigenvalue weighted by Gasteiger charge is 2.12. The maximum atomic E-state index is 12.3. The number of carbonyl (C=O) groups is 1. The minimum absolute atomic E-state index is 0.258. The molecule has 0 atom stereocenters. The highest BCUT2D eigenvalue weighted by atomic mass is 32.1. The second-order valence-corrected chi connectivity index (χ2v) is 5.59. The lowest BCUT2D eigenvalue weighted by Gasteiger charge is -2.03. The SMILES string of the molecule is COc1ccc(-c2nsc(NC(=O)c3cccc(OC)c3)n2)cc1. The third-order valence-electron chi connectivity index (χ3n) is 3.33. The normalized spacial score (nSPS) is 10.2. The molecule has 0 spiro atoms. The van der Waals surface area contributed by atoms with E-state index in [4.69, 9.17) is 9.47 Å². The zero-order valence-electron chi connectivity index (χ0n) is 13.1. The first kappa shape index (κ1) is 15.9. The Morgan fingerprint density at radius 1 is 1.04 bits per heavy atom. The van der Waals surface area contributed by atoms with E-state index in [1.54, 1.807) is 38.5 Å². The number of methoxy groups -OCH3 is 2. The average Bonchev–Trinajstić information content (AvgIpc) is 3.10. The summed E-state index contributed by atoms with van der Waals surface area (Å²) in [5.41, 5.74) is 1.35. The molecule has 1 N–H and O–H groups in total. The Balaban J connectivity index is 1.74. The van der Waals surface area contributed by atoms with Crippen LogP contribution in [0.5, 0.6) is 11.5 Å². The Hall–Kier alpha value is -2.93. The first-order valence-corrected chi connectivity index (χ1v) is 7.90. The van der Waals surface area contributed by atoms with Crippen LogP contribution in [0.2, 0.25) is 0 Å². The lowest BCUT2D eigenvalue weighted by atomic mass is 10.2. The molecular formula is C17H15N3O3S. The highest BCUT2D eigenvalue weighted by molar-refractivity contribution is 7.10. The van der Waals surface area contributed by atoms with Crippen molar-refractivity contribution in [2.45, 2.75) is 0 Å². The standard InChI is InChI=1S/C17H15N3O3S/c1-22-13-8-6-11(7-9-13)15-18-17(24-20-15)19-16(21)12-4-3-5-14(10-12)23-2/h3-10H,1-2H3,(H,18,19,20,21). The van der Waals surface area contributed by atoms with E-state index in [9.17, 15) is 4.79 Å². The van der Waals surface area contributed by atoms with Crippen LogP contribution in [0.25, 0.3) is 11.4 Å². The van der Waals surface area contributed by atoms with Gasteiger partial charge in [-0.15, -0.1) is 0 Å². The first-order valence-electron chi connectivity index (χ1n) is 7.13. The number of amides is 1. The molecule has 0 aliphatic rings. The monoisotopic (exact) mass is 341 g/mol. The van der Waals surface area contributed by atoms with Gasteiger partial charge in [0.25, 0.3) is 5.91 Å². The zero-order chi connectivity index (χ0) is 16.9. The molecule has 1 heterocycles. The van der Waals surface area contributed by atoms with Gasteiger partial charge in [0, 0.05) is 22.7 Å². The van der Waals surface area contributed by atoms with Crippen molar-refractivity contribution in [3.05, 3.63) is 54.1 Å². The number of carbonyl (C=O) groups excluding carboxylic acids is 1. The third kappa shape index (κ3) is 3.52. The molecule has 7 heteroatoms. The van der Waals surface area contributed by atoms with E-state index in [1.165, 1.54) is 0 Å². The molecule has 0 aliphatic heterocycles. The minimum atomic E-state index is -0.258. The van der Waals surface area contributed by atoms with Gasteiger partial charge in [0.05, 0.1) is 14.2 Å². The van der Waals surface area contributed by atoms with Crippen LogP contribution in [0.3, 0.4) is 0 Å². The lowest BCUT2D eigenvalue weighted by Crippen LogP contribution is -2.11. The Labute approximate surface area is 143 Å². The molecule has 24 heavy (non-hydrogen) atoms. The van der Waals surface area contributed by atoms with Crippen molar-refractivity contribution in [3.8, 4) is 22.9 Å². The Morgan fingerprint density at radius 3 is 2.50 bits per heavy atom. The van der Waals surface area contributed by atoms with Gasteiger partial charge in [-0.2, -0.15) is 9.36 Å². The lowest BCUT2D eigenvalue weighted by molar-refractivity contribution is 0.102. The second-order valence-electron chi connectivity index (χ2n) is 4.84. The maximum Gasteiger partial charge on any atom is 0.257 e. The third-order valence-corrected chi connectivity index (χ3v) is 3.96. The fraction of sp³-hybridized carbons (Fsp3) is 0.118. The van der Waals surface area contributed by atoms with Crippen LogP contribution < -0.4 is 14.8 Å². The number of anilines is 1. The van der Waals surface area contributed by atoms with Crippen molar-refractivity contribution in [3.63, 3.8) is 0 Å². The number of nitrogens with zero attached hydrogens (tertiary/aromatic N) is 2. The number of hydrogen-bond donors (Lipinski definition) is 1. The van der Waals surface area contributed by atoms with E-state index in [0.717, 1.165) is 22.8 Å². The van der Waals surface area contributed by atoms with E-state index >= 15 is 0 Å². The predicted molar refractivity (Wildman–Crippen MR) is 92.8 cm³/mol. The number of aromatic nitrogens is 2. The summed E-state index contributed by atoms with van der Waals surface area (Å²) in [5.74, 6) is 1.69. The van der Waals surface area contributed by atoms with E-state index in [2.05, 4.69) is 14.7 Å². The van der Waals surface area contributed by atoms with Gasteiger partial charge in [-0.05, 0) is 42.5 Å². The second kappa shape index (κ2) is 7.10. The average molecular weight is 341 g/mol. The van der Waals surface area contributed by atoms with Crippen LogP contribution in [0.15, 0.2) is 48.5 Å². The van der Waals surface area contributed by atoms with E-state index in [1.807, 2.05) is 24.3 Å². The van der Waals surface area contributed by atoms with E-state index in [-0.39, 0.29) is 5.91 Å². The van der Waals surface area contributed by atoms with Crippen molar-refractivity contribution in [1.29, 1.82) is 0 Å². The largest absolute Gasteiger partial charge is 0.497 e. The van der Waals surface area contributed by atoms with Crippen molar-refractivity contribution in [2.75, 3.05) is 19.5 Å². The van der Waals surface area contributed by atoms with Crippen LogP contribution >= 0.6 is 11.5 Å². The fourth-order valence-electron chi connectivity index (χ4n) is 2.07. The van der Waals surface area contributed by atoms with Crippen molar-refractivity contribution >= 4 is 22.6 Å². The number of rotatable bonds is 5. The van der Waals surface area contributed by atoms with Gasteiger partial charge >= 0.3 is 0 Å². The molecule has 122 valence electrons. The summed E-state index contributed by atoms with van der Waals surface area (Å²) in [7, 11) is 3.17. The molecule has 3 rings (SSSR count). The molecule has 1 aromatic heterocycles. The molecule has 0 saturated heterocycles. The smallest absolute Gasteiger partial charge is 0.257 e. The van der Waals surface area contributed by atoms with Gasteiger partial charge in [-0.1, -0.05) is 6.07 Å². The van der Waals surface area contributed by atoms with Gasteiger partial charge in [0.1, 0.15) is 11.5 Å². The van der Waals surface area contributed by atoms with Gasteiger partial charge in [0.15, 0.2) is 5.82 Å². The molecule has 6 nitrogen and oxygen atoms in total. The van der Waals surface area contributed by atoms with E-state index in [0.29, 0.717) is 22.3 Å². The molecule has 0 radical (unpaired) electrons. The Bertz CT molecular complexity index is 846. The fourth-order valence-corrected chi connectivity index (χ4v) is 2.65. The summed E-state index contributed by atoms with van der Waals surface area (Å²) in [6, 6.07) is 14.3. The topological polar surface area (TPSA) is 73.3 Å². The number of ether oxygens (including phenoxy) is 2. The molecule has 0 saturated carbocycles. The summed E-state index contributed by atoms with van der Waals surface area (Å²) in [6.07, 6.45) is 0. The summed E-state index contributed by atoms with van der Waals surface area (Å²) in [5, 5.41) is 3.19. The minimum Gasteiger partial charge on any atom is -0.497 e. The van der Waals surface area contributed by atoms with Crippen LogP contribution in [-0.2, 0) is 0 Å². The molecule has 2 aromatic carbocycles. The van der Waals surface area contributed by atoms with Gasteiger partial charge in [-0.25, -0.2) is 0 Å². The number of hydrogen-bond acceptors (Lipinski definition) is 6. The van der Waals surface area contributed by atoms with Crippen LogP contribution in [-0.4, -0.2) is 29.5 Å². The summed E-state index contributed by atoms with van der Waals surface area (Å²) in [4.78, 5) is 16.6. The van der Waals surface area contributed by atoms with Crippen molar-refractivity contribution < 1.29 is 14.3 Å². The molecule has 0 bridgehead atoms. The number of benzene rings is 2. The molecule has 0 aliphatic carbocycles. The van der Waals surface area contributed by atoms with Crippen molar-refractivity contribution in [2.24, 2.45) is 0 Å². The molecule has 0 unspecified atom stereocenters. The predicted octanol–water partition coefficient (Wildman–Crippen LogP) is 3.47. The van der Waals surface area contributed by atoms with E-state index < -0.39 is 0 Å². The maximum absolute atomic E-state index is 12.3. The highest BCUT2D eigenvalue weighted by Crippen LogP contribution is 2.24.